The Hall–Kier alpha value is -2.63. The van der Waals surface area contributed by atoms with Crippen molar-refractivity contribution in [2.45, 2.75) is 26.8 Å². The van der Waals surface area contributed by atoms with Crippen molar-refractivity contribution < 1.29 is 9.90 Å². The lowest BCUT2D eigenvalue weighted by Gasteiger charge is -2.12. The molecule has 0 bridgehead atoms. The van der Waals surface area contributed by atoms with Crippen molar-refractivity contribution in [1.29, 1.82) is 0 Å². The van der Waals surface area contributed by atoms with Crippen LogP contribution in [-0.2, 0) is 0 Å². The van der Waals surface area contributed by atoms with E-state index < -0.39 is 5.97 Å². The number of anilines is 3. The average molecular weight is 286 g/mol. The maximum Gasteiger partial charge on any atom is 0.335 e. The fraction of sp³-hybridized carbons (Fsp3) is 0.267. The number of carboxylic acids is 1. The third-order valence-electron chi connectivity index (χ3n) is 2.68. The van der Waals surface area contributed by atoms with Crippen molar-refractivity contribution in [3.8, 4) is 0 Å². The predicted octanol–water partition coefficient (Wildman–Crippen LogP) is 3.05. The summed E-state index contributed by atoms with van der Waals surface area (Å²) in [5, 5.41) is 15.2. The van der Waals surface area contributed by atoms with Gasteiger partial charge in [0, 0.05) is 17.8 Å². The molecule has 0 spiro atoms. The highest BCUT2D eigenvalue weighted by molar-refractivity contribution is 5.88. The van der Waals surface area contributed by atoms with E-state index in [0.717, 1.165) is 11.5 Å². The number of carboxylic acid groups (broad SMARTS) is 1. The van der Waals surface area contributed by atoms with Crippen LogP contribution in [0.4, 0.5) is 17.3 Å². The normalized spacial score (nSPS) is 10.5. The van der Waals surface area contributed by atoms with E-state index in [1.54, 1.807) is 24.3 Å². The van der Waals surface area contributed by atoms with Gasteiger partial charge in [-0.25, -0.2) is 14.8 Å². The van der Waals surface area contributed by atoms with Gasteiger partial charge in [-0.2, -0.15) is 0 Å². The molecule has 0 unspecified atom stereocenters. The maximum atomic E-state index is 10.8. The first-order chi connectivity index (χ1) is 9.94. The summed E-state index contributed by atoms with van der Waals surface area (Å²) in [5.74, 6) is 1.13. The Labute approximate surface area is 123 Å². The molecule has 1 aromatic carbocycles. The van der Waals surface area contributed by atoms with Crippen LogP contribution in [-0.4, -0.2) is 27.1 Å². The number of nitrogens with zero attached hydrogens (tertiary/aromatic N) is 2. The zero-order chi connectivity index (χ0) is 15.4. The van der Waals surface area contributed by atoms with Gasteiger partial charge >= 0.3 is 5.97 Å². The third kappa shape index (κ3) is 4.17. The lowest BCUT2D eigenvalue weighted by atomic mass is 10.2. The van der Waals surface area contributed by atoms with Crippen molar-refractivity contribution in [3.05, 3.63) is 41.7 Å². The van der Waals surface area contributed by atoms with E-state index >= 15 is 0 Å². The number of aromatic carboxylic acids is 1. The Morgan fingerprint density at radius 2 is 1.76 bits per heavy atom. The summed E-state index contributed by atoms with van der Waals surface area (Å²) in [7, 11) is 0. The fourth-order valence-corrected chi connectivity index (χ4v) is 1.85. The van der Waals surface area contributed by atoms with Crippen LogP contribution in [0.1, 0.15) is 30.0 Å². The minimum Gasteiger partial charge on any atom is -0.478 e. The first-order valence-electron chi connectivity index (χ1n) is 6.66. The van der Waals surface area contributed by atoms with Crippen molar-refractivity contribution in [2.24, 2.45) is 0 Å². The molecule has 0 saturated heterocycles. The molecule has 1 heterocycles. The molecule has 0 amide bonds. The Bertz CT molecular complexity index is 639. The zero-order valence-corrected chi connectivity index (χ0v) is 12.2. The van der Waals surface area contributed by atoms with Gasteiger partial charge in [-0.3, -0.25) is 0 Å². The second-order valence-corrected chi connectivity index (χ2v) is 4.99. The van der Waals surface area contributed by atoms with Gasteiger partial charge in [0.05, 0.1) is 5.56 Å². The SMILES string of the molecule is Cc1nc(Nc2ccc(C(=O)O)cc2)cc(NC(C)C)n1. The van der Waals surface area contributed by atoms with Crippen molar-refractivity contribution >= 4 is 23.3 Å². The topological polar surface area (TPSA) is 87.1 Å². The second-order valence-electron chi connectivity index (χ2n) is 4.99. The molecule has 110 valence electrons. The molecule has 0 aliphatic rings. The first-order valence-corrected chi connectivity index (χ1v) is 6.66. The molecule has 6 nitrogen and oxygen atoms in total. The maximum absolute atomic E-state index is 10.8. The number of nitrogens with one attached hydrogen (secondary N) is 2. The van der Waals surface area contributed by atoms with Gasteiger partial charge in [0.15, 0.2) is 0 Å². The molecule has 0 fully saturated rings. The highest BCUT2D eigenvalue weighted by atomic mass is 16.4. The Balaban J connectivity index is 2.18. The van der Waals surface area contributed by atoms with Crippen LogP contribution in [0.2, 0.25) is 0 Å². The summed E-state index contributed by atoms with van der Waals surface area (Å²) < 4.78 is 0. The molecule has 2 aromatic rings. The van der Waals surface area contributed by atoms with Gasteiger partial charge in [-0.1, -0.05) is 0 Å². The number of rotatable bonds is 5. The van der Waals surface area contributed by atoms with Gasteiger partial charge in [0.1, 0.15) is 17.5 Å². The zero-order valence-electron chi connectivity index (χ0n) is 12.2. The summed E-state index contributed by atoms with van der Waals surface area (Å²) in [4.78, 5) is 19.4. The molecule has 2 rings (SSSR count). The van der Waals surface area contributed by atoms with Gasteiger partial charge in [-0.05, 0) is 45.0 Å². The van der Waals surface area contributed by atoms with E-state index in [2.05, 4.69) is 20.6 Å². The molecule has 0 aliphatic carbocycles. The van der Waals surface area contributed by atoms with Crippen molar-refractivity contribution in [2.75, 3.05) is 10.6 Å². The van der Waals surface area contributed by atoms with Crippen LogP contribution in [0, 0.1) is 6.92 Å². The Kier molecular flexibility index (Phi) is 4.37. The number of carbonyl (C=O) groups is 1. The van der Waals surface area contributed by atoms with Gasteiger partial charge < -0.3 is 15.7 Å². The molecule has 3 N–H and O–H groups in total. The van der Waals surface area contributed by atoms with Crippen LogP contribution in [0.25, 0.3) is 0 Å². The number of benzene rings is 1. The first kappa shape index (κ1) is 14.8. The minimum atomic E-state index is -0.942. The van der Waals surface area contributed by atoms with E-state index in [4.69, 9.17) is 5.11 Å². The van der Waals surface area contributed by atoms with Crippen LogP contribution < -0.4 is 10.6 Å². The monoisotopic (exact) mass is 286 g/mol. The minimum absolute atomic E-state index is 0.251. The molecule has 0 radical (unpaired) electrons. The summed E-state index contributed by atoms with van der Waals surface area (Å²) in [6, 6.07) is 8.60. The van der Waals surface area contributed by atoms with E-state index in [1.165, 1.54) is 0 Å². The third-order valence-corrected chi connectivity index (χ3v) is 2.68. The van der Waals surface area contributed by atoms with Crippen LogP contribution in [0.3, 0.4) is 0 Å². The summed E-state index contributed by atoms with van der Waals surface area (Å²) in [5.41, 5.74) is 1.02. The molecule has 0 saturated carbocycles. The van der Waals surface area contributed by atoms with Crippen LogP contribution in [0.15, 0.2) is 30.3 Å². The lowest BCUT2D eigenvalue weighted by molar-refractivity contribution is 0.0697. The van der Waals surface area contributed by atoms with Crippen molar-refractivity contribution in [3.63, 3.8) is 0 Å². The van der Waals surface area contributed by atoms with E-state index in [9.17, 15) is 4.79 Å². The van der Waals surface area contributed by atoms with Gasteiger partial charge in [0.25, 0.3) is 0 Å². The lowest BCUT2D eigenvalue weighted by Crippen LogP contribution is -2.12. The van der Waals surface area contributed by atoms with Crippen LogP contribution in [0.5, 0.6) is 0 Å². The summed E-state index contributed by atoms with van der Waals surface area (Å²) >= 11 is 0. The fourth-order valence-electron chi connectivity index (χ4n) is 1.85. The largest absolute Gasteiger partial charge is 0.478 e. The average Bonchev–Trinajstić information content (AvgIpc) is 2.37. The quantitative estimate of drug-likeness (QED) is 0.783. The summed E-state index contributed by atoms with van der Waals surface area (Å²) in [6.45, 7) is 5.90. The highest BCUT2D eigenvalue weighted by Gasteiger charge is 2.05. The van der Waals surface area contributed by atoms with E-state index in [0.29, 0.717) is 11.6 Å². The highest BCUT2D eigenvalue weighted by Crippen LogP contribution is 2.18. The summed E-state index contributed by atoms with van der Waals surface area (Å²) in [6.07, 6.45) is 0. The molecule has 0 atom stereocenters. The van der Waals surface area contributed by atoms with Gasteiger partial charge in [-0.15, -0.1) is 0 Å². The van der Waals surface area contributed by atoms with Crippen LogP contribution >= 0.6 is 0 Å². The van der Waals surface area contributed by atoms with Crippen molar-refractivity contribution in [1.82, 2.24) is 9.97 Å². The molecule has 6 heteroatoms. The molecule has 21 heavy (non-hydrogen) atoms. The van der Waals surface area contributed by atoms with E-state index in [1.807, 2.05) is 26.8 Å². The Morgan fingerprint density at radius 3 is 2.33 bits per heavy atom. The smallest absolute Gasteiger partial charge is 0.335 e. The molecular weight excluding hydrogens is 268 g/mol. The number of aromatic nitrogens is 2. The molecule has 1 aromatic heterocycles. The predicted molar refractivity (Wildman–Crippen MR) is 82.2 cm³/mol. The second kappa shape index (κ2) is 6.21. The molecular formula is C15H18N4O2. The van der Waals surface area contributed by atoms with Gasteiger partial charge in [0.2, 0.25) is 0 Å². The number of aryl methyl sites for hydroxylation is 1. The Morgan fingerprint density at radius 1 is 1.14 bits per heavy atom. The number of hydrogen-bond acceptors (Lipinski definition) is 5. The standard InChI is InChI=1S/C15H18N4O2/c1-9(2)16-13-8-14(18-10(3)17-13)19-12-6-4-11(5-7-12)15(20)21/h4-9H,1-3H3,(H,20,21)(H2,16,17,18,19). The molecule has 0 aliphatic heterocycles. The number of hydrogen-bond donors (Lipinski definition) is 3. The van der Waals surface area contributed by atoms with E-state index in [-0.39, 0.29) is 11.6 Å².